The fraction of sp³-hybridized carbons (Fsp3) is 0.0270. The summed E-state index contributed by atoms with van der Waals surface area (Å²) in [5.41, 5.74) is 10.5. The van der Waals surface area contributed by atoms with Crippen molar-refractivity contribution in [3.8, 4) is 55.9 Å². The summed E-state index contributed by atoms with van der Waals surface area (Å²) in [6, 6.07) is 45.6. The molecule has 0 radical (unpaired) electrons. The average molecular weight is 560 g/mol. The highest BCUT2D eigenvalue weighted by atomic mass is 31.2. The third-order valence-corrected chi connectivity index (χ3v) is 10.8. The molecule has 4 nitrogen and oxygen atoms in total. The zero-order valence-corrected chi connectivity index (χ0v) is 23.9. The van der Waals surface area contributed by atoms with E-state index in [1.165, 1.54) is 0 Å². The van der Waals surface area contributed by atoms with Crippen LogP contribution in [0, 0.1) is 0 Å². The molecular weight excluding hydrogens is 533 g/mol. The molecule has 5 aromatic carbocycles. The van der Waals surface area contributed by atoms with Gasteiger partial charge in [-0.3, -0.25) is 0 Å². The molecule has 2 aromatic heterocycles. The Balaban J connectivity index is 1.19. The molecular formula is C37H26N3OP. The summed E-state index contributed by atoms with van der Waals surface area (Å²) in [6.07, 6.45) is 2.05. The maximum atomic E-state index is 13.6. The van der Waals surface area contributed by atoms with Crippen molar-refractivity contribution in [1.29, 1.82) is 0 Å². The van der Waals surface area contributed by atoms with Crippen LogP contribution in [-0.4, -0.2) is 21.3 Å². The Morgan fingerprint density at radius 1 is 0.524 bits per heavy atom. The lowest BCUT2D eigenvalue weighted by atomic mass is 9.98. The summed E-state index contributed by atoms with van der Waals surface area (Å²) >= 11 is 0. The van der Waals surface area contributed by atoms with Crippen molar-refractivity contribution in [1.82, 2.24) is 14.6 Å². The Morgan fingerprint density at radius 3 is 1.86 bits per heavy atom. The SMILES string of the molecule is CP1(=O)c2ccccc2-c2cc(-c3ccc(-c4nc5c(-c6ccccc6)cc(-c6ccccc6)cn5n4)cc3)ccc21. The standard InChI is InChI=1S/C37H26N3OP/c1-42(41)34-15-9-8-14-31(34)33-22-29(20-21-35(33)42)26-16-18-28(19-17-26)36-38-37-32(27-12-6-3-7-13-27)23-30(24-40(37)39-36)25-10-4-2-5-11-25/h2-24H,1H3. The molecule has 0 spiro atoms. The van der Waals surface area contributed by atoms with Gasteiger partial charge >= 0.3 is 0 Å². The average Bonchev–Trinajstić information content (AvgIpc) is 3.58. The van der Waals surface area contributed by atoms with E-state index in [-0.39, 0.29) is 0 Å². The summed E-state index contributed by atoms with van der Waals surface area (Å²) < 4.78 is 15.5. The van der Waals surface area contributed by atoms with Crippen LogP contribution in [0.1, 0.15) is 0 Å². The molecule has 5 heteroatoms. The molecule has 8 rings (SSSR count). The fourth-order valence-corrected chi connectivity index (χ4v) is 8.33. The van der Waals surface area contributed by atoms with Gasteiger partial charge in [-0.25, -0.2) is 9.50 Å². The lowest BCUT2D eigenvalue weighted by molar-refractivity contribution is 0.591. The van der Waals surface area contributed by atoms with E-state index in [0.29, 0.717) is 5.82 Å². The largest absolute Gasteiger partial charge is 0.314 e. The first kappa shape index (κ1) is 24.7. The number of nitrogens with zero attached hydrogens (tertiary/aromatic N) is 3. The first-order valence-corrected chi connectivity index (χ1v) is 16.2. The first-order valence-electron chi connectivity index (χ1n) is 14.0. The number of aromatic nitrogens is 3. The highest BCUT2D eigenvalue weighted by Crippen LogP contribution is 2.50. The second-order valence-electron chi connectivity index (χ2n) is 10.8. The van der Waals surface area contributed by atoms with Gasteiger partial charge in [0.2, 0.25) is 0 Å². The van der Waals surface area contributed by atoms with Crippen LogP contribution in [0.2, 0.25) is 0 Å². The van der Waals surface area contributed by atoms with Gasteiger partial charge in [0.05, 0.1) is 0 Å². The molecule has 0 fully saturated rings. The minimum Gasteiger partial charge on any atom is -0.314 e. The smallest absolute Gasteiger partial charge is 0.182 e. The molecule has 3 heterocycles. The monoisotopic (exact) mass is 559 g/mol. The lowest BCUT2D eigenvalue weighted by Gasteiger charge is -2.09. The zero-order valence-electron chi connectivity index (χ0n) is 23.0. The molecule has 0 aliphatic carbocycles. The van der Waals surface area contributed by atoms with Crippen molar-refractivity contribution in [2.45, 2.75) is 0 Å². The lowest BCUT2D eigenvalue weighted by Crippen LogP contribution is -2.07. The van der Waals surface area contributed by atoms with E-state index >= 15 is 0 Å². The van der Waals surface area contributed by atoms with Gasteiger partial charge < -0.3 is 4.57 Å². The zero-order chi connectivity index (χ0) is 28.3. The van der Waals surface area contributed by atoms with Gasteiger partial charge in [0.25, 0.3) is 0 Å². The summed E-state index contributed by atoms with van der Waals surface area (Å²) in [5.74, 6) is 0.679. The molecule has 0 saturated carbocycles. The Morgan fingerprint density at radius 2 is 1.10 bits per heavy atom. The van der Waals surface area contributed by atoms with E-state index in [4.69, 9.17) is 10.1 Å². The molecule has 1 atom stereocenters. The van der Waals surface area contributed by atoms with Crippen molar-refractivity contribution in [3.63, 3.8) is 0 Å². The van der Waals surface area contributed by atoms with E-state index in [1.54, 1.807) is 0 Å². The van der Waals surface area contributed by atoms with E-state index < -0.39 is 7.14 Å². The maximum absolute atomic E-state index is 13.6. The Kier molecular flexibility index (Phi) is 5.60. The molecule has 1 unspecified atom stereocenters. The molecule has 7 aromatic rings. The van der Waals surface area contributed by atoms with Crippen molar-refractivity contribution >= 4 is 23.4 Å². The molecule has 200 valence electrons. The number of rotatable bonds is 4. The number of pyridine rings is 1. The Labute approximate surface area is 244 Å². The summed E-state index contributed by atoms with van der Waals surface area (Å²) in [7, 11) is -2.57. The van der Waals surface area contributed by atoms with E-state index in [2.05, 4.69) is 91.1 Å². The predicted molar refractivity (Wildman–Crippen MR) is 173 cm³/mol. The summed E-state index contributed by atoms with van der Waals surface area (Å²) in [4.78, 5) is 5.01. The maximum Gasteiger partial charge on any atom is 0.182 e. The highest BCUT2D eigenvalue weighted by Gasteiger charge is 2.34. The van der Waals surface area contributed by atoms with Gasteiger partial charge in [-0.2, -0.15) is 0 Å². The molecule has 0 bridgehead atoms. The van der Waals surface area contributed by atoms with Gasteiger partial charge in [-0.1, -0.05) is 115 Å². The van der Waals surface area contributed by atoms with Gasteiger partial charge in [0, 0.05) is 33.5 Å². The first-order chi connectivity index (χ1) is 20.6. The number of fused-ring (bicyclic) bond motifs is 4. The van der Waals surface area contributed by atoms with Gasteiger partial charge in [0.1, 0.15) is 7.14 Å². The van der Waals surface area contributed by atoms with Crippen molar-refractivity contribution in [2.24, 2.45) is 0 Å². The molecule has 0 amide bonds. The molecule has 1 aliphatic heterocycles. The summed E-state index contributed by atoms with van der Waals surface area (Å²) in [5, 5.41) is 6.82. The van der Waals surface area contributed by atoms with E-state index in [1.807, 2.05) is 59.7 Å². The van der Waals surface area contributed by atoms with Crippen LogP contribution in [0.4, 0.5) is 0 Å². The molecule has 42 heavy (non-hydrogen) atoms. The van der Waals surface area contributed by atoms with E-state index in [0.717, 1.165) is 66.3 Å². The third kappa shape index (κ3) is 3.95. The quantitative estimate of drug-likeness (QED) is 0.204. The minimum atomic E-state index is -2.57. The Bertz CT molecular complexity index is 2170. The highest BCUT2D eigenvalue weighted by molar-refractivity contribution is 7.79. The van der Waals surface area contributed by atoms with Crippen LogP contribution < -0.4 is 10.6 Å². The Hall–Kier alpha value is -5.05. The topological polar surface area (TPSA) is 47.3 Å². The van der Waals surface area contributed by atoms with Crippen molar-refractivity contribution in [3.05, 3.63) is 140 Å². The van der Waals surface area contributed by atoms with Gasteiger partial charge in [-0.15, -0.1) is 5.10 Å². The third-order valence-electron chi connectivity index (χ3n) is 8.21. The number of benzene rings is 5. The normalized spacial score (nSPS) is 15.5. The second kappa shape index (κ2) is 9.51. The van der Waals surface area contributed by atoms with Crippen molar-refractivity contribution in [2.75, 3.05) is 6.66 Å². The predicted octanol–water partition coefficient (Wildman–Crippen LogP) is 8.32. The van der Waals surface area contributed by atoms with Crippen LogP contribution in [0.15, 0.2) is 140 Å². The minimum absolute atomic E-state index is 0.679. The molecule has 0 saturated heterocycles. The fourth-order valence-electron chi connectivity index (χ4n) is 6.05. The second-order valence-corrected chi connectivity index (χ2v) is 13.6. The van der Waals surface area contributed by atoms with Crippen LogP contribution in [0.5, 0.6) is 0 Å². The van der Waals surface area contributed by atoms with Gasteiger partial charge in [0.15, 0.2) is 11.5 Å². The van der Waals surface area contributed by atoms with Crippen LogP contribution in [0.3, 0.4) is 0 Å². The van der Waals surface area contributed by atoms with Crippen molar-refractivity contribution < 1.29 is 4.57 Å². The van der Waals surface area contributed by atoms with Crippen LogP contribution in [0.25, 0.3) is 61.5 Å². The molecule has 1 aliphatic rings. The number of hydrogen-bond acceptors (Lipinski definition) is 3. The van der Waals surface area contributed by atoms with Crippen LogP contribution >= 0.6 is 7.14 Å². The summed E-state index contributed by atoms with van der Waals surface area (Å²) in [6.45, 7) is 1.87. The van der Waals surface area contributed by atoms with Crippen LogP contribution in [-0.2, 0) is 4.57 Å². The number of hydrogen-bond donors (Lipinski definition) is 0. The van der Waals surface area contributed by atoms with E-state index in [9.17, 15) is 4.57 Å². The molecule has 0 N–H and O–H groups in total. The van der Waals surface area contributed by atoms with Gasteiger partial charge in [-0.05, 0) is 58.2 Å².